The van der Waals surface area contributed by atoms with Gasteiger partial charge in [0, 0.05) is 15.7 Å². The lowest BCUT2D eigenvalue weighted by Crippen LogP contribution is -2.14. The maximum absolute atomic E-state index is 8.74. The SMILES string of the molecule is CCc1cc(CC)n(-c2ccc(/C(N)=N/O)c(Br)c2)n1. The van der Waals surface area contributed by atoms with E-state index in [9.17, 15) is 0 Å². The zero-order valence-corrected chi connectivity index (χ0v) is 13.1. The van der Waals surface area contributed by atoms with Gasteiger partial charge in [0.05, 0.1) is 11.4 Å². The summed E-state index contributed by atoms with van der Waals surface area (Å²) in [7, 11) is 0. The lowest BCUT2D eigenvalue weighted by Gasteiger charge is -2.09. The van der Waals surface area contributed by atoms with Gasteiger partial charge in [0.1, 0.15) is 0 Å². The van der Waals surface area contributed by atoms with Crippen molar-refractivity contribution in [3.63, 3.8) is 0 Å². The zero-order valence-electron chi connectivity index (χ0n) is 11.5. The topological polar surface area (TPSA) is 76.4 Å². The average Bonchev–Trinajstić information content (AvgIpc) is 2.89. The molecule has 2 rings (SSSR count). The minimum Gasteiger partial charge on any atom is -0.409 e. The van der Waals surface area contributed by atoms with Gasteiger partial charge in [-0.2, -0.15) is 5.10 Å². The van der Waals surface area contributed by atoms with E-state index < -0.39 is 0 Å². The second-order valence-electron chi connectivity index (χ2n) is 4.40. The molecule has 0 aliphatic heterocycles. The van der Waals surface area contributed by atoms with E-state index in [1.54, 1.807) is 6.07 Å². The molecule has 0 aliphatic carbocycles. The molecule has 0 atom stereocenters. The molecule has 106 valence electrons. The van der Waals surface area contributed by atoms with Crippen molar-refractivity contribution in [1.29, 1.82) is 0 Å². The van der Waals surface area contributed by atoms with E-state index in [1.807, 2.05) is 16.8 Å². The Balaban J connectivity index is 2.49. The second-order valence-corrected chi connectivity index (χ2v) is 5.25. The highest BCUT2D eigenvalue weighted by Gasteiger charge is 2.11. The van der Waals surface area contributed by atoms with E-state index in [0.29, 0.717) is 5.56 Å². The van der Waals surface area contributed by atoms with Crippen LogP contribution in [0.1, 0.15) is 30.8 Å². The number of nitrogens with two attached hydrogens (primary N) is 1. The lowest BCUT2D eigenvalue weighted by atomic mass is 10.2. The number of rotatable bonds is 4. The van der Waals surface area contributed by atoms with Crippen LogP contribution in [-0.2, 0) is 12.8 Å². The normalized spacial score (nSPS) is 11.8. The molecular formula is C14H17BrN4O. The molecular weight excluding hydrogens is 320 g/mol. The van der Waals surface area contributed by atoms with Gasteiger partial charge in [-0.1, -0.05) is 19.0 Å². The highest BCUT2D eigenvalue weighted by atomic mass is 79.9. The van der Waals surface area contributed by atoms with Crippen LogP contribution in [0.2, 0.25) is 0 Å². The van der Waals surface area contributed by atoms with Crippen molar-refractivity contribution < 1.29 is 5.21 Å². The first kappa shape index (κ1) is 14.6. The molecule has 0 amide bonds. The van der Waals surface area contributed by atoms with E-state index in [1.165, 1.54) is 0 Å². The molecule has 5 nitrogen and oxygen atoms in total. The molecule has 6 heteroatoms. The summed E-state index contributed by atoms with van der Waals surface area (Å²) >= 11 is 3.44. The molecule has 0 saturated carbocycles. The third kappa shape index (κ3) is 2.70. The summed E-state index contributed by atoms with van der Waals surface area (Å²) < 4.78 is 2.69. The molecule has 1 heterocycles. The van der Waals surface area contributed by atoms with Crippen LogP contribution >= 0.6 is 15.9 Å². The number of aryl methyl sites for hydroxylation is 2. The molecule has 0 radical (unpaired) electrons. The van der Waals surface area contributed by atoms with Gasteiger partial charge < -0.3 is 10.9 Å². The minimum atomic E-state index is 0.0776. The number of halogens is 1. The highest BCUT2D eigenvalue weighted by molar-refractivity contribution is 9.10. The molecule has 2 aromatic rings. The van der Waals surface area contributed by atoms with Crippen LogP contribution in [0.25, 0.3) is 5.69 Å². The van der Waals surface area contributed by atoms with Gasteiger partial charge in [0.15, 0.2) is 5.84 Å². The van der Waals surface area contributed by atoms with Crippen molar-refractivity contribution in [3.05, 3.63) is 45.7 Å². The molecule has 20 heavy (non-hydrogen) atoms. The molecule has 0 bridgehead atoms. The van der Waals surface area contributed by atoms with E-state index in [-0.39, 0.29) is 5.84 Å². The van der Waals surface area contributed by atoms with Gasteiger partial charge in [-0.25, -0.2) is 4.68 Å². The first-order valence-corrected chi connectivity index (χ1v) is 7.25. The van der Waals surface area contributed by atoms with Crippen molar-refractivity contribution in [2.75, 3.05) is 0 Å². The summed E-state index contributed by atoms with van der Waals surface area (Å²) in [5.41, 5.74) is 9.44. The Kier molecular flexibility index (Phi) is 4.44. The molecule has 0 spiro atoms. The maximum atomic E-state index is 8.74. The van der Waals surface area contributed by atoms with Crippen molar-refractivity contribution in [2.45, 2.75) is 26.7 Å². The van der Waals surface area contributed by atoms with Crippen molar-refractivity contribution in [1.82, 2.24) is 9.78 Å². The monoisotopic (exact) mass is 336 g/mol. The maximum Gasteiger partial charge on any atom is 0.171 e. The summed E-state index contributed by atoms with van der Waals surface area (Å²) in [5, 5.41) is 16.3. The molecule has 1 aromatic carbocycles. The summed E-state index contributed by atoms with van der Waals surface area (Å²) in [4.78, 5) is 0. The van der Waals surface area contributed by atoms with Gasteiger partial charge in [-0.15, -0.1) is 0 Å². The van der Waals surface area contributed by atoms with E-state index in [4.69, 9.17) is 10.9 Å². The van der Waals surface area contributed by atoms with Gasteiger partial charge in [0.2, 0.25) is 0 Å². The predicted molar refractivity (Wildman–Crippen MR) is 82.5 cm³/mol. The van der Waals surface area contributed by atoms with E-state index in [2.05, 4.69) is 46.1 Å². The molecule has 0 unspecified atom stereocenters. The Morgan fingerprint density at radius 1 is 1.35 bits per heavy atom. The smallest absolute Gasteiger partial charge is 0.171 e. The largest absolute Gasteiger partial charge is 0.409 e. The average molecular weight is 337 g/mol. The number of nitrogens with zero attached hydrogens (tertiary/aromatic N) is 3. The summed E-state index contributed by atoms with van der Waals surface area (Å²) in [6.45, 7) is 4.19. The van der Waals surface area contributed by atoms with Crippen LogP contribution in [0.15, 0.2) is 33.9 Å². The number of hydrogen-bond acceptors (Lipinski definition) is 3. The minimum absolute atomic E-state index is 0.0776. The molecule has 0 saturated heterocycles. The number of oxime groups is 1. The van der Waals surface area contributed by atoms with Gasteiger partial charge in [-0.3, -0.25) is 0 Å². The molecule has 1 aromatic heterocycles. The predicted octanol–water partition coefficient (Wildman–Crippen LogP) is 2.85. The molecule has 0 fully saturated rings. The summed E-state index contributed by atoms with van der Waals surface area (Å²) in [6, 6.07) is 7.75. The molecule has 0 aliphatic rings. The standard InChI is InChI=1S/C14H17BrN4O/c1-3-9-7-10(4-2)19(17-9)11-5-6-12(13(15)8-11)14(16)18-20/h5-8,20H,3-4H2,1-2H3,(H2,16,18). The van der Waals surface area contributed by atoms with Crippen LogP contribution in [0, 0.1) is 0 Å². The van der Waals surface area contributed by atoms with Gasteiger partial charge in [0.25, 0.3) is 0 Å². The highest BCUT2D eigenvalue weighted by Crippen LogP contribution is 2.22. The fraction of sp³-hybridized carbons (Fsp3) is 0.286. The van der Waals surface area contributed by atoms with Crippen LogP contribution in [0.4, 0.5) is 0 Å². The first-order valence-electron chi connectivity index (χ1n) is 6.46. The van der Waals surface area contributed by atoms with Crippen LogP contribution in [0.3, 0.4) is 0 Å². The van der Waals surface area contributed by atoms with Crippen molar-refractivity contribution >= 4 is 21.8 Å². The summed E-state index contributed by atoms with van der Waals surface area (Å²) in [5.74, 6) is 0.0776. The number of hydrogen-bond donors (Lipinski definition) is 2. The lowest BCUT2D eigenvalue weighted by molar-refractivity contribution is 0.318. The Hall–Kier alpha value is -1.82. The zero-order chi connectivity index (χ0) is 14.7. The number of amidine groups is 1. The van der Waals surface area contributed by atoms with E-state index >= 15 is 0 Å². The Labute approximate surface area is 126 Å². The van der Waals surface area contributed by atoms with E-state index in [0.717, 1.165) is 34.4 Å². The van der Waals surface area contributed by atoms with Crippen LogP contribution in [0.5, 0.6) is 0 Å². The summed E-state index contributed by atoms with van der Waals surface area (Å²) in [6.07, 6.45) is 1.82. The quantitative estimate of drug-likeness (QED) is 0.390. The third-order valence-corrected chi connectivity index (χ3v) is 3.80. The third-order valence-electron chi connectivity index (χ3n) is 3.14. The molecule has 3 N–H and O–H groups in total. The van der Waals surface area contributed by atoms with Gasteiger partial charge in [-0.05, 0) is 53.0 Å². The number of aromatic nitrogens is 2. The number of benzene rings is 1. The van der Waals surface area contributed by atoms with Gasteiger partial charge >= 0.3 is 0 Å². The Morgan fingerprint density at radius 3 is 2.65 bits per heavy atom. The second kappa shape index (κ2) is 6.09. The first-order chi connectivity index (χ1) is 9.60. The van der Waals surface area contributed by atoms with Crippen LogP contribution < -0.4 is 5.73 Å². The Bertz CT molecular complexity index is 649. The fourth-order valence-electron chi connectivity index (χ4n) is 2.02. The Morgan fingerprint density at radius 2 is 2.10 bits per heavy atom. The van der Waals surface area contributed by atoms with Crippen molar-refractivity contribution in [3.8, 4) is 5.69 Å². The fourth-order valence-corrected chi connectivity index (χ4v) is 2.59. The van der Waals surface area contributed by atoms with Crippen molar-refractivity contribution in [2.24, 2.45) is 10.9 Å². The van der Waals surface area contributed by atoms with Crippen LogP contribution in [-0.4, -0.2) is 20.8 Å².